The molecule has 0 radical (unpaired) electrons. The smallest absolute Gasteiger partial charge is 0.330 e. The van der Waals surface area contributed by atoms with Crippen LogP contribution in [-0.2, 0) is 6.54 Å². The van der Waals surface area contributed by atoms with Crippen LogP contribution in [0.1, 0.15) is 26.2 Å². The SMILES string of the molecule is CCCn1c(N)c(NCC2CCCN(C)C2)c(=O)[nH]c1=O. The van der Waals surface area contributed by atoms with Crippen LogP contribution in [0.5, 0.6) is 0 Å². The fourth-order valence-corrected chi connectivity index (χ4v) is 2.89. The van der Waals surface area contributed by atoms with Crippen molar-refractivity contribution < 1.29 is 0 Å². The number of likely N-dealkylation sites (tertiary alicyclic amines) is 1. The third-order valence-corrected chi connectivity index (χ3v) is 3.98. The summed E-state index contributed by atoms with van der Waals surface area (Å²) in [6.07, 6.45) is 3.09. The Morgan fingerprint density at radius 3 is 2.86 bits per heavy atom. The van der Waals surface area contributed by atoms with Crippen LogP contribution in [0.3, 0.4) is 0 Å². The molecule has 0 amide bonds. The molecule has 1 aromatic rings. The molecule has 1 aliphatic rings. The van der Waals surface area contributed by atoms with Gasteiger partial charge >= 0.3 is 5.69 Å². The molecule has 1 unspecified atom stereocenters. The number of anilines is 2. The van der Waals surface area contributed by atoms with E-state index in [9.17, 15) is 9.59 Å². The molecule has 1 saturated heterocycles. The van der Waals surface area contributed by atoms with Gasteiger partial charge in [0.25, 0.3) is 5.56 Å². The van der Waals surface area contributed by atoms with E-state index in [0.29, 0.717) is 24.7 Å². The third-order valence-electron chi connectivity index (χ3n) is 3.98. The van der Waals surface area contributed by atoms with E-state index < -0.39 is 11.2 Å². The number of nitrogens with zero attached hydrogens (tertiary/aromatic N) is 2. The number of aromatic amines is 1. The molecule has 7 nitrogen and oxygen atoms in total. The standard InChI is InChI=1S/C14H25N5O2/c1-3-6-19-12(15)11(13(20)17-14(19)21)16-8-10-5-4-7-18(2)9-10/h10,16H,3-9,15H2,1-2H3,(H,17,20,21). The Kier molecular flexibility index (Phi) is 5.06. The van der Waals surface area contributed by atoms with Crippen LogP contribution in [0.4, 0.5) is 11.5 Å². The Morgan fingerprint density at radius 1 is 1.43 bits per heavy atom. The van der Waals surface area contributed by atoms with Gasteiger partial charge in [0.15, 0.2) is 0 Å². The van der Waals surface area contributed by atoms with E-state index in [-0.39, 0.29) is 5.82 Å². The van der Waals surface area contributed by atoms with Crippen LogP contribution in [0, 0.1) is 5.92 Å². The molecule has 21 heavy (non-hydrogen) atoms. The van der Waals surface area contributed by atoms with Crippen molar-refractivity contribution in [2.45, 2.75) is 32.7 Å². The number of rotatable bonds is 5. The number of nitrogens with one attached hydrogen (secondary N) is 2. The second-order valence-corrected chi connectivity index (χ2v) is 5.82. The number of H-pyrrole nitrogens is 1. The fraction of sp³-hybridized carbons (Fsp3) is 0.714. The minimum atomic E-state index is -0.442. The Balaban J connectivity index is 2.14. The number of nitrogen functional groups attached to an aromatic ring is 1. The van der Waals surface area contributed by atoms with E-state index in [1.54, 1.807) is 0 Å². The summed E-state index contributed by atoms with van der Waals surface area (Å²) in [4.78, 5) is 28.3. The van der Waals surface area contributed by atoms with Crippen molar-refractivity contribution in [1.29, 1.82) is 0 Å². The van der Waals surface area contributed by atoms with E-state index in [0.717, 1.165) is 25.9 Å². The Hall–Kier alpha value is -1.76. The topological polar surface area (TPSA) is 96.2 Å². The van der Waals surface area contributed by atoms with Gasteiger partial charge in [-0.3, -0.25) is 14.3 Å². The molecule has 4 N–H and O–H groups in total. The lowest BCUT2D eigenvalue weighted by atomic mass is 9.98. The summed E-state index contributed by atoms with van der Waals surface area (Å²) in [7, 11) is 2.11. The van der Waals surface area contributed by atoms with Crippen molar-refractivity contribution in [3.63, 3.8) is 0 Å². The molecule has 2 heterocycles. The molecule has 1 fully saturated rings. The van der Waals surface area contributed by atoms with Crippen LogP contribution >= 0.6 is 0 Å². The normalized spacial score (nSPS) is 19.6. The average Bonchev–Trinajstić information content (AvgIpc) is 2.43. The number of hydrogen-bond acceptors (Lipinski definition) is 5. The zero-order chi connectivity index (χ0) is 15.4. The van der Waals surface area contributed by atoms with Gasteiger partial charge in [-0.05, 0) is 38.8 Å². The molecule has 0 bridgehead atoms. The molecule has 0 saturated carbocycles. The van der Waals surface area contributed by atoms with Crippen LogP contribution in [0.15, 0.2) is 9.59 Å². The molecule has 118 valence electrons. The van der Waals surface area contributed by atoms with Gasteiger partial charge in [-0.15, -0.1) is 0 Å². The molecule has 0 spiro atoms. The number of nitrogens with two attached hydrogens (primary N) is 1. The summed E-state index contributed by atoms with van der Waals surface area (Å²) in [5, 5.41) is 3.14. The van der Waals surface area contributed by atoms with Crippen molar-refractivity contribution in [3.8, 4) is 0 Å². The highest BCUT2D eigenvalue weighted by atomic mass is 16.2. The minimum absolute atomic E-state index is 0.231. The van der Waals surface area contributed by atoms with Gasteiger partial charge in [0, 0.05) is 19.6 Å². The number of piperidine rings is 1. The highest BCUT2D eigenvalue weighted by Gasteiger charge is 2.18. The molecule has 2 rings (SSSR count). The summed E-state index contributed by atoms with van der Waals surface area (Å²) < 4.78 is 1.41. The lowest BCUT2D eigenvalue weighted by Gasteiger charge is -2.30. The first-order valence-corrected chi connectivity index (χ1v) is 7.58. The Bertz CT molecular complexity index is 592. The minimum Gasteiger partial charge on any atom is -0.383 e. The summed E-state index contributed by atoms with van der Waals surface area (Å²) in [5.41, 5.74) is 5.42. The van der Waals surface area contributed by atoms with Gasteiger partial charge in [0.1, 0.15) is 11.5 Å². The molecule has 7 heteroatoms. The lowest BCUT2D eigenvalue weighted by Crippen LogP contribution is -2.38. The van der Waals surface area contributed by atoms with Gasteiger partial charge in [-0.1, -0.05) is 6.92 Å². The summed E-state index contributed by atoms with van der Waals surface area (Å²) in [6.45, 7) is 5.30. The summed E-state index contributed by atoms with van der Waals surface area (Å²) >= 11 is 0. The van der Waals surface area contributed by atoms with E-state index in [4.69, 9.17) is 5.73 Å². The van der Waals surface area contributed by atoms with Crippen molar-refractivity contribution in [3.05, 3.63) is 20.8 Å². The molecule has 1 aliphatic heterocycles. The summed E-state index contributed by atoms with van der Waals surface area (Å²) in [6, 6.07) is 0. The molecular formula is C14H25N5O2. The first kappa shape index (κ1) is 15.6. The number of aromatic nitrogens is 2. The average molecular weight is 295 g/mol. The monoisotopic (exact) mass is 295 g/mol. The molecule has 0 aliphatic carbocycles. The van der Waals surface area contributed by atoms with Crippen LogP contribution in [-0.4, -0.2) is 41.1 Å². The molecule has 1 atom stereocenters. The maximum atomic E-state index is 11.9. The molecule has 1 aromatic heterocycles. The zero-order valence-electron chi connectivity index (χ0n) is 12.8. The second-order valence-electron chi connectivity index (χ2n) is 5.82. The highest BCUT2D eigenvalue weighted by molar-refractivity contribution is 5.60. The van der Waals surface area contributed by atoms with Gasteiger partial charge in [0.05, 0.1) is 0 Å². The number of hydrogen-bond donors (Lipinski definition) is 3. The largest absolute Gasteiger partial charge is 0.383 e. The maximum Gasteiger partial charge on any atom is 0.330 e. The summed E-state index contributed by atoms with van der Waals surface area (Å²) in [5.74, 6) is 0.726. The molecule has 0 aromatic carbocycles. The van der Waals surface area contributed by atoms with Crippen LogP contribution in [0.2, 0.25) is 0 Å². The van der Waals surface area contributed by atoms with Crippen molar-refractivity contribution in [2.75, 3.05) is 37.7 Å². The third kappa shape index (κ3) is 3.66. The predicted octanol–water partition coefficient (Wildman–Crippen LogP) is 0.283. The second kappa shape index (κ2) is 6.80. The van der Waals surface area contributed by atoms with Crippen LogP contribution in [0.25, 0.3) is 0 Å². The van der Waals surface area contributed by atoms with Gasteiger partial charge in [-0.2, -0.15) is 0 Å². The lowest BCUT2D eigenvalue weighted by molar-refractivity contribution is 0.217. The first-order chi connectivity index (χ1) is 10.0. The van der Waals surface area contributed by atoms with Gasteiger partial charge < -0.3 is 16.0 Å². The maximum absolute atomic E-state index is 11.9. The fourth-order valence-electron chi connectivity index (χ4n) is 2.89. The van der Waals surface area contributed by atoms with Gasteiger partial charge in [0.2, 0.25) is 0 Å². The first-order valence-electron chi connectivity index (χ1n) is 7.58. The van der Waals surface area contributed by atoms with E-state index >= 15 is 0 Å². The quantitative estimate of drug-likeness (QED) is 0.725. The van der Waals surface area contributed by atoms with Crippen molar-refractivity contribution in [1.82, 2.24) is 14.5 Å². The van der Waals surface area contributed by atoms with E-state index in [2.05, 4.69) is 22.2 Å². The van der Waals surface area contributed by atoms with E-state index in [1.165, 1.54) is 11.0 Å². The Morgan fingerprint density at radius 2 is 2.19 bits per heavy atom. The molecular weight excluding hydrogens is 270 g/mol. The predicted molar refractivity (Wildman–Crippen MR) is 84.7 cm³/mol. The van der Waals surface area contributed by atoms with Gasteiger partial charge in [-0.25, -0.2) is 4.79 Å². The van der Waals surface area contributed by atoms with Crippen molar-refractivity contribution in [2.24, 2.45) is 5.92 Å². The van der Waals surface area contributed by atoms with E-state index in [1.807, 2.05) is 6.92 Å². The zero-order valence-corrected chi connectivity index (χ0v) is 12.8. The van der Waals surface area contributed by atoms with Crippen molar-refractivity contribution >= 4 is 11.5 Å². The van der Waals surface area contributed by atoms with Crippen LogP contribution < -0.4 is 22.3 Å². The Labute approximate surface area is 124 Å². The highest BCUT2D eigenvalue weighted by Crippen LogP contribution is 2.17.